The fourth-order valence-corrected chi connectivity index (χ4v) is 2.48. The molecule has 0 aliphatic heterocycles. The van der Waals surface area contributed by atoms with E-state index < -0.39 is 11.4 Å². The zero-order valence-electron chi connectivity index (χ0n) is 15.8. The van der Waals surface area contributed by atoms with E-state index in [1.54, 1.807) is 42.5 Å². The number of rotatable bonds is 6. The van der Waals surface area contributed by atoms with Gasteiger partial charge >= 0.3 is 5.97 Å². The number of benzene rings is 2. The third-order valence-electron chi connectivity index (χ3n) is 3.84. The molecule has 0 fully saturated rings. The van der Waals surface area contributed by atoms with E-state index in [0.717, 1.165) is 0 Å². The van der Waals surface area contributed by atoms with E-state index in [2.05, 4.69) is 5.32 Å². The molecular weight excluding hydrogens is 401 g/mol. The van der Waals surface area contributed by atoms with Gasteiger partial charge in [0, 0.05) is 16.7 Å². The first-order valence-corrected chi connectivity index (χ1v) is 9.36. The standard InChI is InChI=1S/C21H21Cl2NO4/c1-21(2,3)20(27)24-15-7-5-14(6-8-15)18(25)12-28-19(26)11-13-4-9-16(22)17(23)10-13/h4-10H,11-12H2,1-3H3,(H,24,27). The Morgan fingerprint density at radius 3 is 2.18 bits per heavy atom. The number of carbonyl (C=O) groups is 3. The Labute approximate surface area is 174 Å². The Hall–Kier alpha value is -2.37. The van der Waals surface area contributed by atoms with Gasteiger partial charge in [0.1, 0.15) is 0 Å². The van der Waals surface area contributed by atoms with Crippen LogP contribution in [0.1, 0.15) is 36.7 Å². The minimum absolute atomic E-state index is 0.0120. The van der Waals surface area contributed by atoms with Crippen molar-refractivity contribution >= 4 is 46.5 Å². The molecular formula is C21H21Cl2NO4. The highest BCUT2D eigenvalue weighted by atomic mass is 35.5. The summed E-state index contributed by atoms with van der Waals surface area (Å²) in [6.07, 6.45) is -0.0120. The third-order valence-corrected chi connectivity index (χ3v) is 4.58. The maximum Gasteiger partial charge on any atom is 0.310 e. The molecule has 0 aromatic heterocycles. The molecule has 0 radical (unpaired) electrons. The maximum atomic E-state index is 12.2. The zero-order valence-corrected chi connectivity index (χ0v) is 17.4. The van der Waals surface area contributed by atoms with Crippen LogP contribution in [0.15, 0.2) is 42.5 Å². The minimum Gasteiger partial charge on any atom is -0.457 e. The second-order valence-electron chi connectivity index (χ2n) is 7.29. The van der Waals surface area contributed by atoms with Crippen molar-refractivity contribution in [3.05, 3.63) is 63.6 Å². The summed E-state index contributed by atoms with van der Waals surface area (Å²) >= 11 is 11.7. The lowest BCUT2D eigenvalue weighted by Crippen LogP contribution is -2.27. The normalized spacial score (nSPS) is 11.0. The summed E-state index contributed by atoms with van der Waals surface area (Å²) in [4.78, 5) is 36.1. The number of amides is 1. The van der Waals surface area contributed by atoms with Gasteiger partial charge in [-0.3, -0.25) is 14.4 Å². The van der Waals surface area contributed by atoms with Crippen LogP contribution in [0.5, 0.6) is 0 Å². The van der Waals surface area contributed by atoms with E-state index in [-0.39, 0.29) is 24.7 Å². The van der Waals surface area contributed by atoms with E-state index >= 15 is 0 Å². The molecule has 0 unspecified atom stereocenters. The SMILES string of the molecule is CC(C)(C)C(=O)Nc1ccc(C(=O)COC(=O)Cc2ccc(Cl)c(Cl)c2)cc1. The molecule has 0 bridgehead atoms. The predicted molar refractivity (Wildman–Crippen MR) is 110 cm³/mol. The molecule has 0 saturated carbocycles. The summed E-state index contributed by atoms with van der Waals surface area (Å²) < 4.78 is 5.04. The van der Waals surface area contributed by atoms with Gasteiger partial charge in [-0.05, 0) is 42.0 Å². The lowest BCUT2D eigenvalue weighted by molar-refractivity contribution is -0.141. The van der Waals surface area contributed by atoms with Crippen LogP contribution in [0, 0.1) is 5.41 Å². The first-order valence-electron chi connectivity index (χ1n) is 8.60. The van der Waals surface area contributed by atoms with Gasteiger partial charge in [-0.15, -0.1) is 0 Å². The topological polar surface area (TPSA) is 72.5 Å². The van der Waals surface area contributed by atoms with Crippen molar-refractivity contribution in [1.82, 2.24) is 0 Å². The van der Waals surface area contributed by atoms with Crippen LogP contribution in [0.3, 0.4) is 0 Å². The fourth-order valence-electron chi connectivity index (χ4n) is 2.15. The highest BCUT2D eigenvalue weighted by Crippen LogP contribution is 2.23. The monoisotopic (exact) mass is 421 g/mol. The fraction of sp³-hybridized carbons (Fsp3) is 0.286. The molecule has 0 aliphatic rings. The Balaban J connectivity index is 1.87. The quantitative estimate of drug-likeness (QED) is 0.528. The molecule has 5 nitrogen and oxygen atoms in total. The van der Waals surface area contributed by atoms with Gasteiger partial charge in [-0.2, -0.15) is 0 Å². The first-order chi connectivity index (χ1) is 13.1. The van der Waals surface area contributed by atoms with Crippen molar-refractivity contribution in [2.75, 3.05) is 11.9 Å². The Morgan fingerprint density at radius 1 is 0.964 bits per heavy atom. The zero-order chi connectivity index (χ0) is 20.9. The molecule has 0 aliphatic carbocycles. The Kier molecular flexibility index (Phi) is 7.22. The molecule has 2 rings (SSSR count). The van der Waals surface area contributed by atoms with Crippen LogP contribution in [0.4, 0.5) is 5.69 Å². The molecule has 2 aromatic carbocycles. The molecule has 1 N–H and O–H groups in total. The molecule has 0 heterocycles. The second kappa shape index (κ2) is 9.22. The van der Waals surface area contributed by atoms with Crippen molar-refractivity contribution in [3.8, 4) is 0 Å². The van der Waals surface area contributed by atoms with E-state index in [0.29, 0.717) is 26.9 Å². The number of ketones is 1. The van der Waals surface area contributed by atoms with Crippen LogP contribution in [-0.4, -0.2) is 24.3 Å². The number of halogens is 2. The van der Waals surface area contributed by atoms with Crippen LogP contribution in [0.2, 0.25) is 10.0 Å². The average Bonchev–Trinajstić information content (AvgIpc) is 2.62. The highest BCUT2D eigenvalue weighted by Gasteiger charge is 2.21. The number of anilines is 1. The van der Waals surface area contributed by atoms with E-state index in [9.17, 15) is 14.4 Å². The molecule has 7 heteroatoms. The molecule has 148 valence electrons. The molecule has 1 amide bonds. The summed E-state index contributed by atoms with van der Waals surface area (Å²) in [5.74, 6) is -1.00. The molecule has 0 saturated heterocycles. The van der Waals surface area contributed by atoms with Gasteiger partial charge in [0.05, 0.1) is 16.5 Å². The number of Topliss-reactive ketones (excluding diaryl/α,β-unsaturated/α-hetero) is 1. The third kappa shape index (κ3) is 6.36. The van der Waals surface area contributed by atoms with Gasteiger partial charge < -0.3 is 10.1 Å². The van der Waals surface area contributed by atoms with Crippen LogP contribution >= 0.6 is 23.2 Å². The predicted octanol–water partition coefficient (Wildman–Crippen LogP) is 4.95. The molecule has 2 aromatic rings. The lowest BCUT2D eigenvalue weighted by atomic mass is 9.95. The van der Waals surface area contributed by atoms with Crippen LogP contribution in [-0.2, 0) is 20.7 Å². The Bertz CT molecular complexity index is 886. The van der Waals surface area contributed by atoms with Crippen LogP contribution < -0.4 is 5.32 Å². The van der Waals surface area contributed by atoms with Gasteiger partial charge in [0.2, 0.25) is 5.91 Å². The second-order valence-corrected chi connectivity index (χ2v) is 8.10. The summed E-state index contributed by atoms with van der Waals surface area (Å²) in [5, 5.41) is 3.53. The van der Waals surface area contributed by atoms with Crippen molar-refractivity contribution in [3.63, 3.8) is 0 Å². The minimum atomic E-state index is -0.541. The van der Waals surface area contributed by atoms with Crippen molar-refractivity contribution in [2.45, 2.75) is 27.2 Å². The van der Waals surface area contributed by atoms with E-state index in [1.165, 1.54) is 0 Å². The van der Waals surface area contributed by atoms with Crippen molar-refractivity contribution in [1.29, 1.82) is 0 Å². The average molecular weight is 422 g/mol. The van der Waals surface area contributed by atoms with E-state index in [4.69, 9.17) is 27.9 Å². The number of ether oxygens (including phenoxy) is 1. The van der Waals surface area contributed by atoms with Crippen LogP contribution in [0.25, 0.3) is 0 Å². The van der Waals surface area contributed by atoms with Gasteiger partial charge in [-0.1, -0.05) is 50.0 Å². The number of carbonyl (C=O) groups excluding carboxylic acids is 3. The summed E-state index contributed by atoms with van der Waals surface area (Å²) in [6, 6.07) is 11.3. The van der Waals surface area contributed by atoms with Gasteiger partial charge in [-0.25, -0.2) is 0 Å². The molecule has 0 atom stereocenters. The number of esters is 1. The molecule has 28 heavy (non-hydrogen) atoms. The number of nitrogens with one attached hydrogen (secondary N) is 1. The molecule has 0 spiro atoms. The van der Waals surface area contributed by atoms with Gasteiger partial charge in [0.25, 0.3) is 0 Å². The van der Waals surface area contributed by atoms with Gasteiger partial charge in [0.15, 0.2) is 12.4 Å². The first kappa shape index (κ1) is 21.9. The Morgan fingerprint density at radius 2 is 1.61 bits per heavy atom. The largest absolute Gasteiger partial charge is 0.457 e. The number of hydrogen-bond acceptors (Lipinski definition) is 4. The van der Waals surface area contributed by atoms with E-state index in [1.807, 2.05) is 20.8 Å². The highest BCUT2D eigenvalue weighted by molar-refractivity contribution is 6.42. The van der Waals surface area contributed by atoms with Crippen molar-refractivity contribution < 1.29 is 19.1 Å². The summed E-state index contributed by atoms with van der Waals surface area (Å²) in [5.41, 5.74) is 1.10. The van der Waals surface area contributed by atoms with Crippen molar-refractivity contribution in [2.24, 2.45) is 5.41 Å². The number of hydrogen-bond donors (Lipinski definition) is 1. The lowest BCUT2D eigenvalue weighted by Gasteiger charge is -2.17. The smallest absolute Gasteiger partial charge is 0.310 e. The maximum absolute atomic E-state index is 12.2. The summed E-state index contributed by atoms with van der Waals surface area (Å²) in [7, 11) is 0. The summed E-state index contributed by atoms with van der Waals surface area (Å²) in [6.45, 7) is 5.07.